The molecule has 0 spiro atoms. The van der Waals surface area contributed by atoms with Crippen LogP contribution in [0.15, 0.2) is 17.3 Å². The second-order valence-corrected chi connectivity index (χ2v) is 5.05. The lowest BCUT2D eigenvalue weighted by Gasteiger charge is -2.12. The number of aromatic amines is 1. The van der Waals surface area contributed by atoms with Crippen molar-refractivity contribution in [1.82, 2.24) is 14.9 Å². The molecule has 1 unspecified atom stereocenters. The van der Waals surface area contributed by atoms with Crippen molar-refractivity contribution < 1.29 is 28.2 Å². The van der Waals surface area contributed by atoms with E-state index in [2.05, 4.69) is 10.2 Å². The van der Waals surface area contributed by atoms with Crippen LogP contribution in [0.25, 0.3) is 0 Å². The summed E-state index contributed by atoms with van der Waals surface area (Å²) in [7, 11) is -4.05. The molecule has 0 bridgehead atoms. The van der Waals surface area contributed by atoms with Gasteiger partial charge in [0.2, 0.25) is 0 Å². The summed E-state index contributed by atoms with van der Waals surface area (Å²) < 4.78 is 25.2. The Labute approximate surface area is 102 Å². The molecular formula is C8H11N3O6S. The summed E-state index contributed by atoms with van der Waals surface area (Å²) in [6.07, 6.45) is 0.391. The summed E-state index contributed by atoms with van der Waals surface area (Å²) >= 11 is 0. The zero-order chi connectivity index (χ0) is 13.8. The molecule has 0 aromatic carbocycles. The van der Waals surface area contributed by atoms with Crippen LogP contribution in [0.3, 0.4) is 0 Å². The number of H-pyrrole nitrogens is 1. The second-order valence-electron chi connectivity index (χ2n) is 3.37. The third-order valence-electron chi connectivity index (χ3n) is 2.01. The molecule has 1 rings (SSSR count). The van der Waals surface area contributed by atoms with Crippen molar-refractivity contribution in [2.75, 3.05) is 0 Å². The van der Waals surface area contributed by atoms with Crippen molar-refractivity contribution >= 4 is 22.0 Å². The molecule has 1 aromatic rings. The molecule has 4 N–H and O–H groups in total. The first-order chi connectivity index (χ1) is 8.33. The highest BCUT2D eigenvalue weighted by molar-refractivity contribution is 7.89. The number of carbonyl (C=O) groups is 2. The first kappa shape index (κ1) is 14.1. The van der Waals surface area contributed by atoms with Crippen LogP contribution in [0.1, 0.15) is 12.8 Å². The molecule has 0 aliphatic rings. The summed E-state index contributed by atoms with van der Waals surface area (Å²) in [6.45, 7) is 0. The normalized spacial score (nSPS) is 13.1. The maximum atomic E-state index is 11.7. The Hall–Kier alpha value is -1.94. The molecule has 10 heteroatoms. The zero-order valence-corrected chi connectivity index (χ0v) is 9.85. The van der Waals surface area contributed by atoms with Gasteiger partial charge in [-0.15, -0.1) is 0 Å². The van der Waals surface area contributed by atoms with Gasteiger partial charge in [0.25, 0.3) is 10.0 Å². The molecule has 0 saturated carbocycles. The Balaban J connectivity index is 2.78. The van der Waals surface area contributed by atoms with Gasteiger partial charge in [-0.05, 0) is 12.5 Å². The van der Waals surface area contributed by atoms with Gasteiger partial charge in [0.15, 0.2) is 5.03 Å². The summed E-state index contributed by atoms with van der Waals surface area (Å²) in [5.74, 6) is -2.65. The zero-order valence-electron chi connectivity index (χ0n) is 9.03. The Morgan fingerprint density at radius 1 is 1.44 bits per heavy atom. The van der Waals surface area contributed by atoms with Gasteiger partial charge in [0.05, 0.1) is 6.20 Å². The Bertz CT molecular complexity index is 523. The summed E-state index contributed by atoms with van der Waals surface area (Å²) in [5.41, 5.74) is 0. The predicted molar refractivity (Wildman–Crippen MR) is 57.2 cm³/mol. The van der Waals surface area contributed by atoms with E-state index in [4.69, 9.17) is 10.2 Å². The Morgan fingerprint density at radius 3 is 2.56 bits per heavy atom. The van der Waals surface area contributed by atoms with Crippen molar-refractivity contribution in [2.24, 2.45) is 0 Å². The lowest BCUT2D eigenvalue weighted by atomic mass is 10.2. The van der Waals surface area contributed by atoms with Gasteiger partial charge in [-0.1, -0.05) is 0 Å². The number of carboxylic acids is 2. The molecule has 9 nitrogen and oxygen atoms in total. The van der Waals surface area contributed by atoms with E-state index in [0.717, 1.165) is 6.07 Å². The lowest BCUT2D eigenvalue weighted by molar-refractivity contribution is -0.140. The van der Waals surface area contributed by atoms with Crippen LogP contribution < -0.4 is 4.72 Å². The minimum Gasteiger partial charge on any atom is -0.481 e. The molecule has 0 fully saturated rings. The van der Waals surface area contributed by atoms with E-state index < -0.39 is 34.4 Å². The summed E-state index contributed by atoms with van der Waals surface area (Å²) in [6, 6.07) is -0.354. The van der Waals surface area contributed by atoms with E-state index in [9.17, 15) is 18.0 Å². The summed E-state index contributed by atoms with van der Waals surface area (Å²) in [5, 5.41) is 22.6. The van der Waals surface area contributed by atoms with E-state index in [1.54, 1.807) is 0 Å². The minimum absolute atomic E-state index is 0.288. The molecule has 0 radical (unpaired) electrons. The molecule has 1 aromatic heterocycles. The Morgan fingerprint density at radius 2 is 2.11 bits per heavy atom. The van der Waals surface area contributed by atoms with Crippen molar-refractivity contribution in [3.63, 3.8) is 0 Å². The molecule has 100 valence electrons. The minimum atomic E-state index is -4.05. The van der Waals surface area contributed by atoms with Crippen LogP contribution in [0, 0.1) is 0 Å². The van der Waals surface area contributed by atoms with Gasteiger partial charge in [-0.3, -0.25) is 14.7 Å². The molecule has 0 saturated heterocycles. The van der Waals surface area contributed by atoms with Gasteiger partial charge in [-0.2, -0.15) is 9.82 Å². The molecule has 1 heterocycles. The van der Waals surface area contributed by atoms with Gasteiger partial charge in [0.1, 0.15) is 6.04 Å². The SMILES string of the molecule is O=C(O)CCC(NS(=O)(=O)c1ccn[nH]1)C(=O)O. The van der Waals surface area contributed by atoms with Crippen LogP contribution in [0.5, 0.6) is 0 Å². The number of hydrogen-bond acceptors (Lipinski definition) is 5. The van der Waals surface area contributed by atoms with Gasteiger partial charge in [0, 0.05) is 6.42 Å². The highest BCUT2D eigenvalue weighted by Gasteiger charge is 2.26. The van der Waals surface area contributed by atoms with E-state index in [0.29, 0.717) is 0 Å². The van der Waals surface area contributed by atoms with Crippen molar-refractivity contribution in [3.8, 4) is 0 Å². The molecule has 1 atom stereocenters. The first-order valence-corrected chi connectivity index (χ1v) is 6.27. The van der Waals surface area contributed by atoms with Crippen LogP contribution in [-0.4, -0.2) is 46.8 Å². The molecular weight excluding hydrogens is 266 g/mol. The molecule has 0 aliphatic heterocycles. The highest BCUT2D eigenvalue weighted by Crippen LogP contribution is 2.07. The van der Waals surface area contributed by atoms with Crippen LogP contribution in [0.2, 0.25) is 0 Å². The monoisotopic (exact) mass is 277 g/mol. The maximum Gasteiger partial charge on any atom is 0.321 e. The topological polar surface area (TPSA) is 149 Å². The van der Waals surface area contributed by atoms with E-state index in [-0.39, 0.29) is 11.4 Å². The number of aromatic nitrogens is 2. The van der Waals surface area contributed by atoms with Gasteiger partial charge >= 0.3 is 11.9 Å². The average Bonchev–Trinajstić information content (AvgIpc) is 2.77. The highest BCUT2D eigenvalue weighted by atomic mass is 32.2. The third-order valence-corrected chi connectivity index (χ3v) is 3.41. The van der Waals surface area contributed by atoms with E-state index in [1.807, 2.05) is 4.72 Å². The van der Waals surface area contributed by atoms with Crippen molar-refractivity contribution in [1.29, 1.82) is 0 Å². The van der Waals surface area contributed by atoms with Crippen molar-refractivity contribution in [3.05, 3.63) is 12.3 Å². The number of rotatable bonds is 7. The molecule has 0 aliphatic carbocycles. The Kier molecular flexibility index (Phi) is 4.39. The molecule has 0 amide bonds. The van der Waals surface area contributed by atoms with Crippen molar-refractivity contribution in [2.45, 2.75) is 23.9 Å². The standard InChI is InChI=1S/C8H11N3O6S/c12-7(13)2-1-5(8(14)15)11-18(16,17)6-3-4-9-10-6/h3-5,11H,1-2H2,(H,9,10)(H,12,13)(H,14,15). The lowest BCUT2D eigenvalue weighted by Crippen LogP contribution is -2.41. The smallest absolute Gasteiger partial charge is 0.321 e. The van der Waals surface area contributed by atoms with E-state index in [1.165, 1.54) is 6.20 Å². The third kappa shape index (κ3) is 3.82. The van der Waals surface area contributed by atoms with Crippen LogP contribution >= 0.6 is 0 Å². The predicted octanol–water partition coefficient (Wildman–Crippen LogP) is -0.994. The first-order valence-electron chi connectivity index (χ1n) is 4.79. The second kappa shape index (κ2) is 5.60. The number of hydrogen-bond donors (Lipinski definition) is 4. The van der Waals surface area contributed by atoms with Crippen LogP contribution in [0.4, 0.5) is 0 Å². The number of nitrogens with one attached hydrogen (secondary N) is 2. The molecule has 18 heavy (non-hydrogen) atoms. The summed E-state index contributed by atoms with van der Waals surface area (Å²) in [4.78, 5) is 21.1. The fourth-order valence-electron chi connectivity index (χ4n) is 1.14. The fraction of sp³-hybridized carbons (Fsp3) is 0.375. The quantitative estimate of drug-likeness (QED) is 0.499. The number of carboxylic acid groups (broad SMARTS) is 2. The van der Waals surface area contributed by atoms with Crippen LogP contribution in [-0.2, 0) is 19.6 Å². The number of nitrogens with zero attached hydrogens (tertiary/aromatic N) is 1. The number of aliphatic carboxylic acids is 2. The van der Waals surface area contributed by atoms with Gasteiger partial charge < -0.3 is 10.2 Å². The maximum absolute atomic E-state index is 11.7. The van der Waals surface area contributed by atoms with Gasteiger partial charge in [-0.25, -0.2) is 8.42 Å². The number of sulfonamides is 1. The average molecular weight is 277 g/mol. The fourth-order valence-corrected chi connectivity index (χ4v) is 2.28. The largest absolute Gasteiger partial charge is 0.481 e. The van der Waals surface area contributed by atoms with E-state index >= 15 is 0 Å².